The van der Waals surface area contributed by atoms with Crippen molar-refractivity contribution in [1.82, 2.24) is 4.90 Å². The molecule has 2 aliphatic rings. The molecule has 3 heteroatoms. The van der Waals surface area contributed by atoms with E-state index in [1.54, 1.807) is 0 Å². The molecule has 1 heterocycles. The van der Waals surface area contributed by atoms with Crippen molar-refractivity contribution >= 4 is 5.91 Å². The van der Waals surface area contributed by atoms with Gasteiger partial charge in [-0.25, -0.2) is 0 Å². The second-order valence-corrected chi connectivity index (χ2v) is 7.74. The van der Waals surface area contributed by atoms with Crippen molar-refractivity contribution in [3.63, 3.8) is 0 Å². The van der Waals surface area contributed by atoms with Crippen LogP contribution in [-0.4, -0.2) is 34.6 Å². The highest BCUT2D eigenvalue weighted by Crippen LogP contribution is 2.48. The van der Waals surface area contributed by atoms with Crippen LogP contribution in [0, 0.1) is 5.41 Å². The predicted octanol–water partition coefficient (Wildman–Crippen LogP) is 3.72. The second kappa shape index (κ2) is 6.27. The number of carbonyl (C=O) groups is 1. The van der Waals surface area contributed by atoms with Gasteiger partial charge in [0, 0.05) is 25.4 Å². The Labute approximate surface area is 139 Å². The molecule has 3 nitrogen and oxygen atoms in total. The van der Waals surface area contributed by atoms with E-state index in [9.17, 15) is 9.90 Å². The number of nitrogens with zero attached hydrogens (tertiary/aromatic N) is 1. The van der Waals surface area contributed by atoms with Crippen LogP contribution in [0.5, 0.6) is 0 Å². The third-order valence-corrected chi connectivity index (χ3v) is 6.35. The average Bonchev–Trinajstić information content (AvgIpc) is 3.16. The van der Waals surface area contributed by atoms with Crippen LogP contribution < -0.4 is 0 Å². The van der Waals surface area contributed by atoms with Gasteiger partial charge in [-0.3, -0.25) is 4.79 Å². The average molecular weight is 315 g/mol. The van der Waals surface area contributed by atoms with E-state index in [4.69, 9.17) is 0 Å². The van der Waals surface area contributed by atoms with Gasteiger partial charge in [-0.1, -0.05) is 57.0 Å². The van der Waals surface area contributed by atoms with Crippen LogP contribution in [0.25, 0.3) is 0 Å². The van der Waals surface area contributed by atoms with Crippen LogP contribution in [0.2, 0.25) is 0 Å². The highest BCUT2D eigenvalue weighted by Gasteiger charge is 2.49. The lowest BCUT2D eigenvalue weighted by Crippen LogP contribution is -2.53. The van der Waals surface area contributed by atoms with Gasteiger partial charge in [0.05, 0.1) is 5.60 Å². The van der Waals surface area contributed by atoms with Crippen molar-refractivity contribution in [2.45, 2.75) is 63.9 Å². The summed E-state index contributed by atoms with van der Waals surface area (Å²) in [6, 6.07) is 10.3. The summed E-state index contributed by atoms with van der Waals surface area (Å²) in [7, 11) is 0. The Balaban J connectivity index is 1.73. The van der Waals surface area contributed by atoms with Crippen molar-refractivity contribution < 1.29 is 9.90 Å². The molecule has 1 aliphatic carbocycles. The van der Waals surface area contributed by atoms with Gasteiger partial charge in [-0.05, 0) is 30.2 Å². The molecule has 0 radical (unpaired) electrons. The lowest BCUT2D eigenvalue weighted by Gasteiger charge is -2.44. The SMILES string of the molecule is CC[C@@](O)(CN1C[C@@H](c2ccccc2)CC1=O)C1(C)CCCC1. The molecule has 126 valence electrons. The Hall–Kier alpha value is -1.35. The van der Waals surface area contributed by atoms with E-state index in [0.717, 1.165) is 19.4 Å². The zero-order valence-corrected chi connectivity index (χ0v) is 14.4. The van der Waals surface area contributed by atoms with E-state index in [0.29, 0.717) is 19.4 Å². The molecule has 1 amide bonds. The summed E-state index contributed by atoms with van der Waals surface area (Å²) in [6.45, 7) is 5.49. The molecule has 2 atom stereocenters. The largest absolute Gasteiger partial charge is 0.387 e. The lowest BCUT2D eigenvalue weighted by atomic mass is 9.70. The van der Waals surface area contributed by atoms with Crippen molar-refractivity contribution in [2.75, 3.05) is 13.1 Å². The normalized spacial score (nSPS) is 26.5. The molecule has 1 saturated heterocycles. The van der Waals surface area contributed by atoms with Crippen LogP contribution in [0.3, 0.4) is 0 Å². The Bertz CT molecular complexity index is 550. The van der Waals surface area contributed by atoms with Gasteiger partial charge in [0.25, 0.3) is 0 Å². The summed E-state index contributed by atoms with van der Waals surface area (Å²) in [5.74, 6) is 0.452. The Morgan fingerprint density at radius 2 is 1.91 bits per heavy atom. The molecule has 1 N–H and O–H groups in total. The first kappa shape index (κ1) is 16.5. The van der Waals surface area contributed by atoms with Crippen LogP contribution in [0.4, 0.5) is 0 Å². The standard InChI is InChI=1S/C20H29NO2/c1-3-20(23,19(2)11-7-8-12-19)15-21-14-17(13-18(21)22)16-9-5-4-6-10-16/h4-6,9-10,17,23H,3,7-8,11-15H2,1-2H3/t17-,20+/m0/s1. The first-order valence-electron chi connectivity index (χ1n) is 9.02. The maximum Gasteiger partial charge on any atom is 0.223 e. The van der Waals surface area contributed by atoms with Gasteiger partial charge in [0.1, 0.15) is 0 Å². The summed E-state index contributed by atoms with van der Waals surface area (Å²) >= 11 is 0. The maximum atomic E-state index is 12.5. The smallest absolute Gasteiger partial charge is 0.223 e. The molecule has 2 fully saturated rings. The van der Waals surface area contributed by atoms with E-state index < -0.39 is 5.60 Å². The summed E-state index contributed by atoms with van der Waals surface area (Å²) < 4.78 is 0. The molecule has 1 aromatic rings. The van der Waals surface area contributed by atoms with Gasteiger partial charge >= 0.3 is 0 Å². The molecule has 1 aliphatic heterocycles. The summed E-state index contributed by atoms with van der Waals surface area (Å²) in [4.78, 5) is 14.4. The summed E-state index contributed by atoms with van der Waals surface area (Å²) in [5.41, 5.74) is 0.424. The number of β-amino-alcohol motifs (C(OH)–C–C–N with tert-alkyl or cyclic N) is 1. The van der Waals surface area contributed by atoms with Gasteiger partial charge in [0.2, 0.25) is 5.91 Å². The van der Waals surface area contributed by atoms with Crippen LogP contribution >= 0.6 is 0 Å². The van der Waals surface area contributed by atoms with E-state index in [1.165, 1.54) is 18.4 Å². The molecule has 0 aromatic heterocycles. The number of carbonyl (C=O) groups excluding carboxylic acids is 1. The molecule has 1 aromatic carbocycles. The molecule has 3 rings (SSSR count). The number of rotatable bonds is 5. The minimum atomic E-state index is -0.759. The van der Waals surface area contributed by atoms with Gasteiger partial charge < -0.3 is 10.0 Å². The van der Waals surface area contributed by atoms with E-state index in [1.807, 2.05) is 23.1 Å². The Morgan fingerprint density at radius 3 is 2.52 bits per heavy atom. The molecule has 0 unspecified atom stereocenters. The minimum absolute atomic E-state index is 0.0487. The van der Waals surface area contributed by atoms with Crippen molar-refractivity contribution in [2.24, 2.45) is 5.41 Å². The Kier molecular flexibility index (Phi) is 4.50. The first-order valence-corrected chi connectivity index (χ1v) is 9.02. The minimum Gasteiger partial charge on any atom is -0.387 e. The maximum absolute atomic E-state index is 12.5. The van der Waals surface area contributed by atoms with Crippen molar-refractivity contribution in [1.29, 1.82) is 0 Å². The fourth-order valence-corrected chi connectivity index (χ4v) is 4.54. The quantitative estimate of drug-likeness (QED) is 0.899. The molecule has 1 saturated carbocycles. The van der Waals surface area contributed by atoms with Crippen molar-refractivity contribution in [3.8, 4) is 0 Å². The monoisotopic (exact) mass is 315 g/mol. The number of hydrogen-bond acceptors (Lipinski definition) is 2. The number of likely N-dealkylation sites (tertiary alicyclic amines) is 1. The third-order valence-electron chi connectivity index (χ3n) is 6.35. The number of amides is 1. The van der Waals surface area contributed by atoms with Crippen LogP contribution in [0.1, 0.15) is 63.9 Å². The summed E-state index contributed by atoms with van der Waals surface area (Å²) in [6.07, 6.45) is 5.81. The van der Waals surface area contributed by atoms with Gasteiger partial charge in [-0.2, -0.15) is 0 Å². The molecule has 0 bridgehead atoms. The highest BCUT2D eigenvalue weighted by molar-refractivity contribution is 5.79. The van der Waals surface area contributed by atoms with Gasteiger partial charge in [-0.15, -0.1) is 0 Å². The zero-order valence-electron chi connectivity index (χ0n) is 14.4. The third kappa shape index (κ3) is 3.03. The molecular weight excluding hydrogens is 286 g/mol. The van der Waals surface area contributed by atoms with Crippen LogP contribution in [-0.2, 0) is 4.79 Å². The van der Waals surface area contributed by atoms with Crippen LogP contribution in [0.15, 0.2) is 30.3 Å². The number of benzene rings is 1. The lowest BCUT2D eigenvalue weighted by molar-refractivity contribution is -0.137. The number of hydrogen-bond donors (Lipinski definition) is 1. The predicted molar refractivity (Wildman–Crippen MR) is 92.2 cm³/mol. The Morgan fingerprint density at radius 1 is 1.26 bits per heavy atom. The van der Waals surface area contributed by atoms with E-state index in [-0.39, 0.29) is 17.2 Å². The topological polar surface area (TPSA) is 40.5 Å². The fourth-order valence-electron chi connectivity index (χ4n) is 4.54. The highest BCUT2D eigenvalue weighted by atomic mass is 16.3. The molecule has 23 heavy (non-hydrogen) atoms. The van der Waals surface area contributed by atoms with E-state index >= 15 is 0 Å². The fraction of sp³-hybridized carbons (Fsp3) is 0.650. The summed E-state index contributed by atoms with van der Waals surface area (Å²) in [5, 5.41) is 11.3. The molecular formula is C20H29NO2. The first-order chi connectivity index (χ1) is 11.0. The van der Waals surface area contributed by atoms with Crippen molar-refractivity contribution in [3.05, 3.63) is 35.9 Å². The molecule has 0 spiro atoms. The van der Waals surface area contributed by atoms with E-state index in [2.05, 4.69) is 26.0 Å². The second-order valence-electron chi connectivity index (χ2n) is 7.74. The number of aliphatic hydroxyl groups is 1. The zero-order chi connectivity index (χ0) is 16.5. The van der Waals surface area contributed by atoms with Gasteiger partial charge in [0.15, 0.2) is 0 Å².